The molecule has 1 aliphatic rings. The zero-order chi connectivity index (χ0) is 15.1. The van der Waals surface area contributed by atoms with Crippen LogP contribution in [0.25, 0.3) is 6.08 Å². The molecular weight excluding hydrogens is 277 g/mol. The summed E-state index contributed by atoms with van der Waals surface area (Å²) >= 11 is 0. The van der Waals surface area contributed by atoms with Crippen molar-refractivity contribution in [3.05, 3.63) is 40.7 Å². The van der Waals surface area contributed by atoms with E-state index in [9.17, 15) is 22.8 Å². The first kappa shape index (κ1) is 14.1. The van der Waals surface area contributed by atoms with Crippen LogP contribution in [0.15, 0.2) is 17.7 Å². The number of benzene rings is 1. The Balaban J connectivity index is 2.49. The molecule has 1 aliphatic heterocycles. The van der Waals surface area contributed by atoms with Crippen molar-refractivity contribution in [3.63, 3.8) is 0 Å². The largest absolute Gasteiger partial charge is 0.419 e. The molecule has 4 nitrogen and oxygen atoms in total. The lowest BCUT2D eigenvalue weighted by molar-refractivity contribution is -0.222. The molecule has 0 aliphatic carbocycles. The molecule has 0 unspecified atom stereocenters. The average Bonchev–Trinajstić information content (AvgIpc) is 2.31. The molecule has 0 atom stereocenters. The van der Waals surface area contributed by atoms with Gasteiger partial charge in [-0.1, -0.05) is 0 Å². The Kier molecular flexibility index (Phi) is 3.29. The molecule has 0 amide bonds. The molecule has 0 spiro atoms. The van der Waals surface area contributed by atoms with Crippen molar-refractivity contribution < 1.29 is 32.2 Å². The molecule has 2 rings (SSSR count). The van der Waals surface area contributed by atoms with Gasteiger partial charge in [-0.05, 0) is 18.2 Å². The van der Waals surface area contributed by atoms with E-state index in [2.05, 4.69) is 0 Å². The summed E-state index contributed by atoms with van der Waals surface area (Å²) in [5.74, 6) is -7.62. The van der Waals surface area contributed by atoms with E-state index < -0.39 is 46.3 Å². The minimum absolute atomic E-state index is 0.563. The average molecular weight is 286 g/mol. The summed E-state index contributed by atoms with van der Waals surface area (Å²) in [6.07, 6.45) is 0.563. The highest BCUT2D eigenvalue weighted by Crippen LogP contribution is 2.26. The maximum Gasteiger partial charge on any atom is 0.348 e. The smallest absolute Gasteiger partial charge is 0.348 e. The first-order chi connectivity index (χ1) is 9.21. The number of cyclic esters (lactones) is 2. The standard InChI is InChI=1S/C13H9F3O4/c1-13(2)19-11(17)7(12(18)20-13)5-6-8(14)3-4-9(15)10(6)16/h3-5H,1-2H3. The van der Waals surface area contributed by atoms with Gasteiger partial charge in [-0.2, -0.15) is 0 Å². The third-order valence-electron chi connectivity index (χ3n) is 2.48. The van der Waals surface area contributed by atoms with Gasteiger partial charge in [0.25, 0.3) is 5.79 Å². The first-order valence-electron chi connectivity index (χ1n) is 5.53. The van der Waals surface area contributed by atoms with Crippen LogP contribution in [0.4, 0.5) is 13.2 Å². The summed E-state index contributed by atoms with van der Waals surface area (Å²) in [7, 11) is 0. The van der Waals surface area contributed by atoms with Gasteiger partial charge in [0, 0.05) is 13.8 Å². The molecule has 1 saturated heterocycles. The molecule has 1 heterocycles. The number of hydrogen-bond acceptors (Lipinski definition) is 4. The second kappa shape index (κ2) is 4.66. The lowest BCUT2D eigenvalue weighted by atomic mass is 10.1. The van der Waals surface area contributed by atoms with E-state index in [1.165, 1.54) is 13.8 Å². The molecule has 1 fully saturated rings. The van der Waals surface area contributed by atoms with Gasteiger partial charge in [0.15, 0.2) is 11.6 Å². The topological polar surface area (TPSA) is 52.6 Å². The van der Waals surface area contributed by atoms with Crippen LogP contribution >= 0.6 is 0 Å². The van der Waals surface area contributed by atoms with Crippen molar-refractivity contribution in [3.8, 4) is 0 Å². The van der Waals surface area contributed by atoms with Gasteiger partial charge in [0.1, 0.15) is 11.4 Å². The van der Waals surface area contributed by atoms with Crippen molar-refractivity contribution in [1.29, 1.82) is 0 Å². The number of carbonyl (C=O) groups excluding carboxylic acids is 2. The number of halogens is 3. The van der Waals surface area contributed by atoms with Gasteiger partial charge in [-0.3, -0.25) is 0 Å². The minimum atomic E-state index is -1.51. The zero-order valence-electron chi connectivity index (χ0n) is 10.5. The number of esters is 2. The SMILES string of the molecule is CC1(C)OC(=O)C(=Cc2c(F)ccc(F)c2F)C(=O)O1. The predicted molar refractivity (Wildman–Crippen MR) is 60.6 cm³/mol. The second-order valence-electron chi connectivity index (χ2n) is 4.49. The quantitative estimate of drug-likeness (QED) is 0.344. The molecule has 7 heteroatoms. The molecular formula is C13H9F3O4. The van der Waals surface area contributed by atoms with E-state index in [0.717, 1.165) is 0 Å². The van der Waals surface area contributed by atoms with E-state index in [0.29, 0.717) is 18.2 Å². The second-order valence-corrected chi connectivity index (χ2v) is 4.49. The summed E-state index contributed by atoms with van der Waals surface area (Å²) < 4.78 is 49.4. The van der Waals surface area contributed by atoms with Crippen LogP contribution in [0.2, 0.25) is 0 Å². The first-order valence-corrected chi connectivity index (χ1v) is 5.53. The lowest BCUT2D eigenvalue weighted by Crippen LogP contribution is -2.41. The van der Waals surface area contributed by atoms with E-state index in [-0.39, 0.29) is 0 Å². The van der Waals surface area contributed by atoms with Gasteiger partial charge in [0.05, 0.1) is 5.56 Å². The number of carbonyl (C=O) groups is 2. The van der Waals surface area contributed by atoms with Crippen molar-refractivity contribution in [2.24, 2.45) is 0 Å². The monoisotopic (exact) mass is 286 g/mol. The Morgan fingerprint density at radius 3 is 2.05 bits per heavy atom. The fraction of sp³-hybridized carbons (Fsp3) is 0.231. The Morgan fingerprint density at radius 1 is 1.00 bits per heavy atom. The van der Waals surface area contributed by atoms with E-state index >= 15 is 0 Å². The fourth-order valence-electron chi connectivity index (χ4n) is 1.60. The van der Waals surface area contributed by atoms with Gasteiger partial charge >= 0.3 is 11.9 Å². The summed E-state index contributed by atoms with van der Waals surface area (Å²) in [6.45, 7) is 2.64. The van der Waals surface area contributed by atoms with Crippen molar-refractivity contribution in [2.75, 3.05) is 0 Å². The van der Waals surface area contributed by atoms with Crippen LogP contribution in [-0.2, 0) is 19.1 Å². The molecule has 0 radical (unpaired) electrons. The molecule has 0 bridgehead atoms. The number of ether oxygens (including phenoxy) is 2. The molecule has 20 heavy (non-hydrogen) atoms. The third kappa shape index (κ3) is 2.52. The molecule has 106 valence electrons. The van der Waals surface area contributed by atoms with Crippen LogP contribution in [0.3, 0.4) is 0 Å². The number of hydrogen-bond donors (Lipinski definition) is 0. The van der Waals surface area contributed by atoms with Gasteiger partial charge in [-0.15, -0.1) is 0 Å². The predicted octanol–water partition coefficient (Wildman–Crippen LogP) is 2.32. The van der Waals surface area contributed by atoms with E-state index in [1.54, 1.807) is 0 Å². The van der Waals surface area contributed by atoms with Gasteiger partial charge < -0.3 is 9.47 Å². The van der Waals surface area contributed by atoms with Crippen LogP contribution in [0, 0.1) is 17.5 Å². The Bertz CT molecular complexity index is 613. The van der Waals surface area contributed by atoms with Crippen LogP contribution in [0.1, 0.15) is 19.4 Å². The maximum atomic E-state index is 13.5. The number of rotatable bonds is 1. The van der Waals surface area contributed by atoms with Gasteiger partial charge in [-0.25, -0.2) is 22.8 Å². The Labute approximate surface area is 111 Å². The summed E-state index contributed by atoms with van der Waals surface area (Å²) in [5.41, 5.74) is -1.57. The van der Waals surface area contributed by atoms with Crippen LogP contribution in [-0.4, -0.2) is 17.7 Å². The van der Waals surface area contributed by atoms with Gasteiger partial charge in [0.2, 0.25) is 0 Å². The minimum Gasteiger partial charge on any atom is -0.419 e. The molecule has 0 N–H and O–H groups in total. The highest BCUT2D eigenvalue weighted by Gasteiger charge is 2.39. The van der Waals surface area contributed by atoms with Crippen molar-refractivity contribution in [1.82, 2.24) is 0 Å². The van der Waals surface area contributed by atoms with Crippen molar-refractivity contribution >= 4 is 18.0 Å². The van der Waals surface area contributed by atoms with Crippen LogP contribution in [0.5, 0.6) is 0 Å². The molecule has 0 saturated carbocycles. The van der Waals surface area contributed by atoms with Crippen LogP contribution < -0.4 is 0 Å². The highest BCUT2D eigenvalue weighted by molar-refractivity contribution is 6.18. The van der Waals surface area contributed by atoms with Crippen molar-refractivity contribution in [2.45, 2.75) is 19.6 Å². The summed E-state index contributed by atoms with van der Waals surface area (Å²) in [5, 5.41) is 0. The maximum absolute atomic E-state index is 13.5. The third-order valence-corrected chi connectivity index (χ3v) is 2.48. The Morgan fingerprint density at radius 2 is 1.50 bits per heavy atom. The zero-order valence-corrected chi connectivity index (χ0v) is 10.5. The Hall–Kier alpha value is -2.31. The highest BCUT2D eigenvalue weighted by atomic mass is 19.2. The molecule has 1 aromatic carbocycles. The fourth-order valence-corrected chi connectivity index (χ4v) is 1.60. The lowest BCUT2D eigenvalue weighted by Gasteiger charge is -2.29. The van der Waals surface area contributed by atoms with E-state index in [1.807, 2.05) is 0 Å². The summed E-state index contributed by atoms with van der Waals surface area (Å²) in [6, 6.07) is 1.27. The summed E-state index contributed by atoms with van der Waals surface area (Å²) in [4.78, 5) is 23.2. The molecule has 1 aromatic rings. The molecule has 0 aromatic heterocycles. The normalized spacial score (nSPS) is 17.6. The van der Waals surface area contributed by atoms with E-state index in [4.69, 9.17) is 9.47 Å².